The Bertz CT molecular complexity index is 212. The molecule has 0 aromatic carbocycles. The Labute approximate surface area is 91.4 Å². The van der Waals surface area contributed by atoms with Crippen LogP contribution in [-0.4, -0.2) is 23.0 Å². The van der Waals surface area contributed by atoms with E-state index in [9.17, 15) is 9.59 Å². The van der Waals surface area contributed by atoms with Gasteiger partial charge in [-0.3, -0.25) is 4.79 Å². The molecular weight excluding hydrogens is 194 g/mol. The number of amides is 1. The smallest absolute Gasteiger partial charge is 0.326 e. The van der Waals surface area contributed by atoms with Crippen LogP contribution in [-0.2, 0) is 9.59 Å². The third-order valence-electron chi connectivity index (χ3n) is 1.38. The fourth-order valence-electron chi connectivity index (χ4n) is 0.938. The summed E-state index contributed by atoms with van der Waals surface area (Å²) < 4.78 is 0. The molecule has 1 amide bonds. The maximum Gasteiger partial charge on any atom is 0.326 e. The SMILES string of the molecule is C=CC.CC(=O)NC(CC(C)C)C(=O)O. The number of hydrogen-bond acceptors (Lipinski definition) is 2. The van der Waals surface area contributed by atoms with E-state index >= 15 is 0 Å². The molecule has 0 aromatic heterocycles. The Morgan fingerprint density at radius 2 is 1.87 bits per heavy atom. The zero-order valence-electron chi connectivity index (χ0n) is 9.91. The normalized spacial score (nSPS) is 11.0. The van der Waals surface area contributed by atoms with Crippen LogP contribution in [0.2, 0.25) is 0 Å². The first kappa shape index (κ1) is 16.1. The quantitative estimate of drug-likeness (QED) is 0.703. The minimum absolute atomic E-state index is 0.262. The van der Waals surface area contributed by atoms with Gasteiger partial charge in [-0.05, 0) is 19.3 Å². The van der Waals surface area contributed by atoms with E-state index in [1.54, 1.807) is 6.08 Å². The fraction of sp³-hybridized carbons (Fsp3) is 0.636. The predicted molar refractivity (Wildman–Crippen MR) is 60.6 cm³/mol. The summed E-state index contributed by atoms with van der Waals surface area (Å²) in [6.07, 6.45) is 2.22. The molecule has 0 aliphatic heterocycles. The Kier molecular flexibility index (Phi) is 9.94. The molecule has 0 radical (unpaired) electrons. The monoisotopic (exact) mass is 215 g/mol. The number of allylic oxidation sites excluding steroid dienone is 1. The van der Waals surface area contributed by atoms with Crippen molar-refractivity contribution >= 4 is 11.9 Å². The number of carboxylic acids is 1. The highest BCUT2D eigenvalue weighted by molar-refractivity contribution is 5.81. The van der Waals surface area contributed by atoms with Crippen molar-refractivity contribution in [1.29, 1.82) is 0 Å². The van der Waals surface area contributed by atoms with Gasteiger partial charge in [0.05, 0.1) is 0 Å². The van der Waals surface area contributed by atoms with Gasteiger partial charge in [-0.25, -0.2) is 4.79 Å². The molecule has 0 fully saturated rings. The summed E-state index contributed by atoms with van der Waals surface area (Å²) in [6, 6.07) is -0.748. The maximum absolute atomic E-state index is 10.6. The molecule has 0 bridgehead atoms. The largest absolute Gasteiger partial charge is 0.480 e. The van der Waals surface area contributed by atoms with E-state index in [4.69, 9.17) is 5.11 Å². The van der Waals surface area contributed by atoms with E-state index < -0.39 is 12.0 Å². The summed E-state index contributed by atoms with van der Waals surface area (Å²) in [6.45, 7) is 10.4. The van der Waals surface area contributed by atoms with E-state index in [0.29, 0.717) is 6.42 Å². The zero-order chi connectivity index (χ0) is 12.4. The molecule has 0 saturated carbocycles. The van der Waals surface area contributed by atoms with Crippen molar-refractivity contribution in [3.8, 4) is 0 Å². The molecule has 15 heavy (non-hydrogen) atoms. The van der Waals surface area contributed by atoms with E-state index in [1.165, 1.54) is 6.92 Å². The number of nitrogens with one attached hydrogen (secondary N) is 1. The maximum atomic E-state index is 10.6. The molecule has 2 N–H and O–H groups in total. The molecule has 0 aliphatic carbocycles. The van der Waals surface area contributed by atoms with Crippen LogP contribution in [0.15, 0.2) is 12.7 Å². The summed E-state index contributed by atoms with van der Waals surface area (Å²) in [7, 11) is 0. The highest BCUT2D eigenvalue weighted by atomic mass is 16.4. The van der Waals surface area contributed by atoms with Crippen LogP contribution in [0.4, 0.5) is 0 Å². The number of carbonyl (C=O) groups excluding carboxylic acids is 1. The molecule has 0 rings (SSSR count). The minimum Gasteiger partial charge on any atom is -0.480 e. The first-order valence-electron chi connectivity index (χ1n) is 4.92. The van der Waals surface area contributed by atoms with Crippen LogP contribution in [0.5, 0.6) is 0 Å². The summed E-state index contributed by atoms with van der Waals surface area (Å²) >= 11 is 0. The van der Waals surface area contributed by atoms with Crippen LogP contribution < -0.4 is 5.32 Å². The second-order valence-electron chi connectivity index (χ2n) is 3.63. The van der Waals surface area contributed by atoms with Gasteiger partial charge in [0.2, 0.25) is 5.91 Å². The van der Waals surface area contributed by atoms with Crippen molar-refractivity contribution in [2.75, 3.05) is 0 Å². The van der Waals surface area contributed by atoms with Gasteiger partial charge in [0.15, 0.2) is 0 Å². The highest BCUT2D eigenvalue weighted by Gasteiger charge is 2.18. The van der Waals surface area contributed by atoms with Crippen LogP contribution >= 0.6 is 0 Å². The fourth-order valence-corrected chi connectivity index (χ4v) is 0.938. The lowest BCUT2D eigenvalue weighted by Crippen LogP contribution is -2.40. The van der Waals surface area contributed by atoms with E-state index in [2.05, 4.69) is 11.9 Å². The molecule has 4 nitrogen and oxygen atoms in total. The average molecular weight is 215 g/mol. The van der Waals surface area contributed by atoms with Crippen molar-refractivity contribution in [3.63, 3.8) is 0 Å². The first-order valence-corrected chi connectivity index (χ1v) is 4.92. The van der Waals surface area contributed by atoms with Crippen LogP contribution in [0.1, 0.15) is 34.1 Å². The molecule has 1 unspecified atom stereocenters. The summed E-state index contributed by atoms with van der Waals surface area (Å²) in [4.78, 5) is 21.1. The van der Waals surface area contributed by atoms with Gasteiger partial charge in [-0.1, -0.05) is 19.9 Å². The van der Waals surface area contributed by atoms with Gasteiger partial charge < -0.3 is 10.4 Å². The number of carbonyl (C=O) groups is 2. The Balaban J connectivity index is 0. The van der Waals surface area contributed by atoms with Gasteiger partial charge in [0.1, 0.15) is 6.04 Å². The van der Waals surface area contributed by atoms with E-state index in [0.717, 1.165) is 0 Å². The number of carboxylic acid groups (broad SMARTS) is 1. The number of hydrogen-bond donors (Lipinski definition) is 2. The van der Waals surface area contributed by atoms with E-state index in [-0.39, 0.29) is 11.8 Å². The topological polar surface area (TPSA) is 66.4 Å². The lowest BCUT2D eigenvalue weighted by Gasteiger charge is -2.14. The summed E-state index contributed by atoms with van der Waals surface area (Å²) in [5, 5.41) is 11.0. The van der Waals surface area contributed by atoms with Gasteiger partial charge >= 0.3 is 5.97 Å². The molecule has 0 heterocycles. The molecule has 0 aromatic rings. The first-order chi connectivity index (χ1) is 6.84. The lowest BCUT2D eigenvalue weighted by atomic mass is 10.0. The number of rotatable bonds is 4. The van der Waals surface area contributed by atoms with Crippen molar-refractivity contribution in [1.82, 2.24) is 5.32 Å². The molecular formula is C11H21NO3. The molecule has 0 spiro atoms. The molecule has 1 atom stereocenters. The standard InChI is InChI=1S/C8H15NO3.C3H6/c1-5(2)4-7(8(11)12)9-6(3)10;1-3-2/h5,7H,4H2,1-3H3,(H,9,10)(H,11,12);3H,1H2,2H3. The van der Waals surface area contributed by atoms with E-state index in [1.807, 2.05) is 20.8 Å². The van der Waals surface area contributed by atoms with Crippen molar-refractivity contribution in [2.24, 2.45) is 5.92 Å². The molecule has 0 saturated heterocycles. The zero-order valence-corrected chi connectivity index (χ0v) is 9.91. The second-order valence-corrected chi connectivity index (χ2v) is 3.63. The van der Waals surface area contributed by atoms with Gasteiger partial charge in [-0.15, -0.1) is 6.58 Å². The van der Waals surface area contributed by atoms with Crippen molar-refractivity contribution < 1.29 is 14.7 Å². The highest BCUT2D eigenvalue weighted by Crippen LogP contribution is 2.04. The molecule has 0 aliphatic rings. The molecule has 4 heteroatoms. The van der Waals surface area contributed by atoms with Gasteiger partial charge in [-0.2, -0.15) is 0 Å². The predicted octanol–water partition coefficient (Wildman–Crippen LogP) is 1.81. The average Bonchev–Trinajstić information content (AvgIpc) is 2.02. The van der Waals surface area contributed by atoms with Crippen LogP contribution in [0.25, 0.3) is 0 Å². The summed E-state index contributed by atoms with van der Waals surface area (Å²) in [5.74, 6) is -1.01. The Morgan fingerprint density at radius 3 is 2.07 bits per heavy atom. The number of aliphatic carboxylic acids is 1. The lowest BCUT2D eigenvalue weighted by molar-refractivity contribution is -0.142. The summed E-state index contributed by atoms with van der Waals surface area (Å²) in [5.41, 5.74) is 0. The van der Waals surface area contributed by atoms with Crippen LogP contribution in [0, 0.1) is 5.92 Å². The van der Waals surface area contributed by atoms with Gasteiger partial charge in [0.25, 0.3) is 0 Å². The third kappa shape index (κ3) is 12.7. The second kappa shape index (κ2) is 9.24. The Hall–Kier alpha value is -1.32. The van der Waals surface area contributed by atoms with Crippen molar-refractivity contribution in [3.05, 3.63) is 12.7 Å². The Morgan fingerprint density at radius 1 is 1.47 bits per heavy atom. The minimum atomic E-state index is -0.973. The van der Waals surface area contributed by atoms with Crippen LogP contribution in [0.3, 0.4) is 0 Å². The van der Waals surface area contributed by atoms with Gasteiger partial charge in [0, 0.05) is 6.92 Å². The third-order valence-corrected chi connectivity index (χ3v) is 1.38. The molecule has 88 valence electrons. The van der Waals surface area contributed by atoms with Crippen molar-refractivity contribution in [2.45, 2.75) is 40.2 Å².